The number of hydrogen-bond acceptors (Lipinski definition) is 3. The second-order valence-corrected chi connectivity index (χ2v) is 8.11. The first kappa shape index (κ1) is 13.3. The Kier molecular flexibility index (Phi) is 4.47. The number of hydrogen-bond donors (Lipinski definition) is 0. The Morgan fingerprint density at radius 2 is 1.65 bits per heavy atom. The lowest BCUT2D eigenvalue weighted by Gasteiger charge is -2.23. The van der Waals surface area contributed by atoms with Gasteiger partial charge in [-0.3, -0.25) is 0 Å². The molecule has 0 radical (unpaired) electrons. The zero-order valence-electron chi connectivity index (χ0n) is 9.56. The van der Waals surface area contributed by atoms with Gasteiger partial charge in [-0.2, -0.15) is 4.31 Å². The molecular formula is C11H16ClNO2S2. The van der Waals surface area contributed by atoms with E-state index in [1.807, 2.05) is 0 Å². The highest BCUT2D eigenvalue weighted by Crippen LogP contribution is 2.29. The van der Waals surface area contributed by atoms with E-state index >= 15 is 0 Å². The quantitative estimate of drug-likeness (QED) is 0.838. The van der Waals surface area contributed by atoms with Gasteiger partial charge < -0.3 is 0 Å². The molecule has 96 valence electrons. The lowest BCUT2D eigenvalue weighted by molar-refractivity contribution is 0.365. The molecule has 1 fully saturated rings. The molecule has 0 saturated carbocycles. The maximum Gasteiger partial charge on any atom is 0.252 e. The van der Waals surface area contributed by atoms with Crippen molar-refractivity contribution in [2.45, 2.75) is 36.3 Å². The van der Waals surface area contributed by atoms with Crippen molar-refractivity contribution in [1.82, 2.24) is 4.31 Å². The van der Waals surface area contributed by atoms with Crippen molar-refractivity contribution in [3.8, 4) is 0 Å². The summed E-state index contributed by atoms with van der Waals surface area (Å²) < 4.78 is 27.2. The van der Waals surface area contributed by atoms with Crippen LogP contribution in [-0.2, 0) is 10.0 Å². The third kappa shape index (κ3) is 3.22. The highest BCUT2D eigenvalue weighted by Gasteiger charge is 2.25. The first-order valence-electron chi connectivity index (χ1n) is 5.86. The van der Waals surface area contributed by atoms with E-state index in [1.54, 1.807) is 16.4 Å². The Morgan fingerprint density at radius 1 is 1.06 bits per heavy atom. The van der Waals surface area contributed by atoms with Crippen molar-refractivity contribution in [1.29, 1.82) is 0 Å². The molecule has 0 bridgehead atoms. The molecule has 0 aliphatic carbocycles. The molecule has 0 unspecified atom stereocenters. The maximum absolute atomic E-state index is 12.3. The second kappa shape index (κ2) is 5.69. The van der Waals surface area contributed by atoms with Gasteiger partial charge >= 0.3 is 0 Å². The van der Waals surface area contributed by atoms with Crippen LogP contribution in [0, 0.1) is 0 Å². The molecule has 1 saturated heterocycles. The minimum atomic E-state index is -3.31. The average molecular weight is 294 g/mol. The van der Waals surface area contributed by atoms with Gasteiger partial charge in [-0.25, -0.2) is 8.42 Å². The van der Waals surface area contributed by atoms with Crippen LogP contribution in [0.5, 0.6) is 0 Å². The molecule has 0 aromatic carbocycles. The predicted molar refractivity (Wildman–Crippen MR) is 71.2 cm³/mol. The largest absolute Gasteiger partial charge is 0.252 e. The van der Waals surface area contributed by atoms with Gasteiger partial charge in [0, 0.05) is 13.1 Å². The molecule has 1 aromatic heterocycles. The van der Waals surface area contributed by atoms with E-state index < -0.39 is 10.0 Å². The molecule has 2 heterocycles. The van der Waals surface area contributed by atoms with Crippen molar-refractivity contribution >= 4 is 33.0 Å². The average Bonchev–Trinajstić information content (AvgIpc) is 2.64. The van der Waals surface area contributed by atoms with Crippen molar-refractivity contribution in [3.63, 3.8) is 0 Å². The van der Waals surface area contributed by atoms with Crippen LogP contribution < -0.4 is 0 Å². The van der Waals surface area contributed by atoms with Gasteiger partial charge in [-0.05, 0) is 25.0 Å². The smallest absolute Gasteiger partial charge is 0.206 e. The summed E-state index contributed by atoms with van der Waals surface area (Å²) in [5.41, 5.74) is 0. The van der Waals surface area contributed by atoms with Crippen LogP contribution in [-0.4, -0.2) is 25.8 Å². The van der Waals surface area contributed by atoms with Crippen LogP contribution in [0.1, 0.15) is 32.1 Å². The molecule has 17 heavy (non-hydrogen) atoms. The SMILES string of the molecule is O=S(=O)(c1ccc(Cl)s1)N1CCCCCCC1. The van der Waals surface area contributed by atoms with Crippen molar-refractivity contribution in [2.75, 3.05) is 13.1 Å². The molecule has 1 aliphatic heterocycles. The van der Waals surface area contributed by atoms with Crippen LogP contribution in [0.4, 0.5) is 0 Å². The van der Waals surface area contributed by atoms with Gasteiger partial charge in [0.25, 0.3) is 10.0 Å². The molecule has 0 amide bonds. The zero-order chi connectivity index (χ0) is 12.3. The Bertz CT molecular complexity index is 462. The van der Waals surface area contributed by atoms with Crippen molar-refractivity contribution in [2.24, 2.45) is 0 Å². The number of thiophene rings is 1. The lowest BCUT2D eigenvalue weighted by Crippen LogP contribution is -2.33. The van der Waals surface area contributed by atoms with E-state index in [2.05, 4.69) is 0 Å². The molecule has 1 aromatic rings. The van der Waals surface area contributed by atoms with Gasteiger partial charge in [0.1, 0.15) is 4.21 Å². The summed E-state index contributed by atoms with van der Waals surface area (Å²) >= 11 is 6.94. The van der Waals surface area contributed by atoms with Crippen LogP contribution in [0.25, 0.3) is 0 Å². The third-order valence-corrected chi connectivity index (χ3v) is 6.55. The summed E-state index contributed by atoms with van der Waals surface area (Å²) in [5.74, 6) is 0. The molecule has 6 heteroatoms. The summed E-state index contributed by atoms with van der Waals surface area (Å²) in [6.45, 7) is 1.27. The number of sulfonamides is 1. The van der Waals surface area contributed by atoms with Gasteiger partial charge in [0.05, 0.1) is 4.34 Å². The van der Waals surface area contributed by atoms with Crippen LogP contribution in [0.15, 0.2) is 16.3 Å². The monoisotopic (exact) mass is 293 g/mol. The number of nitrogens with zero attached hydrogens (tertiary/aromatic N) is 1. The normalized spacial score (nSPS) is 19.8. The third-order valence-electron chi connectivity index (χ3n) is 2.96. The van der Waals surface area contributed by atoms with Crippen LogP contribution in [0.3, 0.4) is 0 Å². The fraction of sp³-hybridized carbons (Fsp3) is 0.636. The topological polar surface area (TPSA) is 37.4 Å². The Morgan fingerprint density at radius 3 is 2.18 bits per heavy atom. The Balaban J connectivity index is 2.18. The minimum Gasteiger partial charge on any atom is -0.206 e. The van der Waals surface area contributed by atoms with Gasteiger partial charge in [0.15, 0.2) is 0 Å². The van der Waals surface area contributed by atoms with Crippen LogP contribution >= 0.6 is 22.9 Å². The summed E-state index contributed by atoms with van der Waals surface area (Å²) in [5, 5.41) is 0. The van der Waals surface area contributed by atoms with E-state index in [9.17, 15) is 8.42 Å². The number of halogens is 1. The second-order valence-electron chi connectivity index (χ2n) is 4.23. The molecule has 2 rings (SSSR count). The molecule has 3 nitrogen and oxygen atoms in total. The molecule has 1 aliphatic rings. The van der Waals surface area contributed by atoms with Crippen molar-refractivity contribution in [3.05, 3.63) is 16.5 Å². The highest BCUT2D eigenvalue weighted by atomic mass is 35.5. The summed E-state index contributed by atoms with van der Waals surface area (Å²) in [6, 6.07) is 3.24. The van der Waals surface area contributed by atoms with E-state index in [0.29, 0.717) is 21.6 Å². The summed E-state index contributed by atoms with van der Waals surface area (Å²) in [4.78, 5) is 0. The minimum absolute atomic E-state index is 0.364. The van der Waals surface area contributed by atoms with E-state index in [1.165, 1.54) is 6.42 Å². The predicted octanol–water partition coefficient (Wildman–Crippen LogP) is 3.36. The first-order chi connectivity index (χ1) is 8.10. The Labute approximate surface area is 111 Å². The molecule has 0 N–H and O–H groups in total. The van der Waals surface area contributed by atoms with Gasteiger partial charge in [-0.1, -0.05) is 30.9 Å². The standard InChI is InChI=1S/C11H16ClNO2S2/c12-10-6-7-11(16-10)17(14,15)13-8-4-2-1-3-5-9-13/h6-7H,1-5,8-9H2. The van der Waals surface area contributed by atoms with Gasteiger partial charge in [0.2, 0.25) is 0 Å². The van der Waals surface area contributed by atoms with E-state index in [-0.39, 0.29) is 0 Å². The molecule has 0 atom stereocenters. The fourth-order valence-electron chi connectivity index (χ4n) is 2.02. The van der Waals surface area contributed by atoms with Crippen LogP contribution in [0.2, 0.25) is 4.34 Å². The first-order valence-corrected chi connectivity index (χ1v) is 8.49. The van der Waals surface area contributed by atoms with E-state index in [0.717, 1.165) is 37.0 Å². The van der Waals surface area contributed by atoms with E-state index in [4.69, 9.17) is 11.6 Å². The Hall–Kier alpha value is -0.100. The summed E-state index contributed by atoms with van der Waals surface area (Å²) in [6.07, 6.45) is 5.38. The zero-order valence-corrected chi connectivity index (χ0v) is 12.0. The molecular weight excluding hydrogens is 278 g/mol. The number of rotatable bonds is 2. The molecule has 0 spiro atoms. The maximum atomic E-state index is 12.3. The summed E-state index contributed by atoms with van der Waals surface area (Å²) in [7, 11) is -3.31. The van der Waals surface area contributed by atoms with Gasteiger partial charge in [-0.15, -0.1) is 11.3 Å². The van der Waals surface area contributed by atoms with Crippen molar-refractivity contribution < 1.29 is 8.42 Å². The highest BCUT2D eigenvalue weighted by molar-refractivity contribution is 7.91. The fourth-order valence-corrected chi connectivity index (χ4v) is 5.18. The lowest BCUT2D eigenvalue weighted by atomic mass is 10.1.